The van der Waals surface area contributed by atoms with Gasteiger partial charge in [0, 0.05) is 12.4 Å². The molecule has 0 N–H and O–H groups in total. The van der Waals surface area contributed by atoms with Crippen LogP contribution in [0.5, 0.6) is 0 Å². The third kappa shape index (κ3) is 0.767. The maximum Gasteiger partial charge on any atom is 0.252 e. The Morgan fingerprint density at radius 3 is 3.10 bits per heavy atom. The monoisotopic (exact) mass is 169 g/mol. The zero-order chi connectivity index (χ0) is 6.97. The average Bonchev–Trinajstić information content (AvgIpc) is 2.34. The Bertz CT molecular complexity index is 403. The Kier molecular flexibility index (Phi) is 1.28. The lowest BCUT2D eigenvalue weighted by molar-refractivity contribution is 1.37. The topological polar surface area (TPSA) is 30.0 Å². The molecular weight excluding hydrogens is 166 g/mol. The molecular formula is C6H3NOS2. The first-order chi connectivity index (χ1) is 4.88. The summed E-state index contributed by atoms with van der Waals surface area (Å²) in [5, 5.41) is 0.748. The van der Waals surface area contributed by atoms with Gasteiger partial charge in [-0.2, -0.15) is 0 Å². The van der Waals surface area contributed by atoms with Crippen molar-refractivity contribution >= 4 is 30.8 Å². The van der Waals surface area contributed by atoms with Crippen molar-refractivity contribution in [2.75, 3.05) is 0 Å². The van der Waals surface area contributed by atoms with Gasteiger partial charge in [0.15, 0.2) is 0 Å². The minimum atomic E-state index is 0.119. The second-order valence-electron chi connectivity index (χ2n) is 1.83. The van der Waals surface area contributed by atoms with E-state index in [1.165, 1.54) is 20.7 Å². The summed E-state index contributed by atoms with van der Waals surface area (Å²) in [4.78, 5) is 14.8. The Morgan fingerprint density at radius 1 is 1.40 bits per heavy atom. The highest BCUT2D eigenvalue weighted by Gasteiger charge is 1.98. The molecule has 2 heterocycles. The number of rotatable bonds is 0. The van der Waals surface area contributed by atoms with Crippen LogP contribution in [0.15, 0.2) is 23.3 Å². The zero-order valence-electron chi connectivity index (χ0n) is 4.90. The number of aromatic nitrogens is 1. The van der Waals surface area contributed by atoms with Crippen molar-refractivity contribution in [2.24, 2.45) is 0 Å². The molecule has 0 aliphatic carbocycles. The standard InChI is InChI=1S/C6H3NOS2/c8-6-4-3-7-2-1-5(4)9-10-6/h1-3H. The fourth-order valence-corrected chi connectivity index (χ4v) is 2.77. The first-order valence-corrected chi connectivity index (χ1v) is 4.86. The number of nitrogens with zero attached hydrogens (tertiary/aromatic N) is 1. The lowest BCUT2D eigenvalue weighted by Crippen LogP contribution is -1.86. The molecule has 0 amide bonds. The SMILES string of the molecule is O=c1ssc2ccncc12. The molecule has 50 valence electrons. The van der Waals surface area contributed by atoms with Crippen LogP contribution in [0.2, 0.25) is 0 Å². The summed E-state index contributed by atoms with van der Waals surface area (Å²) in [7, 11) is 2.77. The van der Waals surface area contributed by atoms with E-state index in [1.807, 2.05) is 6.07 Å². The van der Waals surface area contributed by atoms with Gasteiger partial charge in [-0.25, -0.2) is 0 Å². The van der Waals surface area contributed by atoms with E-state index in [1.54, 1.807) is 12.4 Å². The van der Waals surface area contributed by atoms with Gasteiger partial charge < -0.3 is 0 Å². The quantitative estimate of drug-likeness (QED) is 0.562. The smallest absolute Gasteiger partial charge is 0.252 e. The average molecular weight is 169 g/mol. The van der Waals surface area contributed by atoms with Crippen LogP contribution in [0.25, 0.3) is 10.1 Å². The van der Waals surface area contributed by atoms with Crippen LogP contribution in [0, 0.1) is 0 Å². The van der Waals surface area contributed by atoms with Gasteiger partial charge in [-0.3, -0.25) is 9.78 Å². The number of pyridine rings is 1. The minimum Gasteiger partial charge on any atom is -0.276 e. The van der Waals surface area contributed by atoms with E-state index in [-0.39, 0.29) is 4.74 Å². The third-order valence-electron chi connectivity index (χ3n) is 1.21. The fraction of sp³-hybridized carbons (Fsp3) is 0. The Morgan fingerprint density at radius 2 is 2.30 bits per heavy atom. The molecule has 2 aromatic rings. The maximum absolute atomic E-state index is 11.0. The van der Waals surface area contributed by atoms with Crippen LogP contribution in [0.3, 0.4) is 0 Å². The van der Waals surface area contributed by atoms with Crippen molar-refractivity contribution < 1.29 is 0 Å². The highest BCUT2D eigenvalue weighted by Crippen LogP contribution is 2.17. The van der Waals surface area contributed by atoms with Crippen molar-refractivity contribution in [3.8, 4) is 0 Å². The van der Waals surface area contributed by atoms with Crippen molar-refractivity contribution in [1.82, 2.24) is 4.98 Å². The molecule has 0 aliphatic heterocycles. The molecule has 0 bridgehead atoms. The molecule has 0 radical (unpaired) electrons. The molecule has 0 spiro atoms. The molecule has 0 atom stereocenters. The summed E-state index contributed by atoms with van der Waals surface area (Å²) in [6.07, 6.45) is 3.32. The number of hydrogen-bond acceptors (Lipinski definition) is 4. The van der Waals surface area contributed by atoms with E-state index < -0.39 is 0 Å². The molecule has 2 nitrogen and oxygen atoms in total. The van der Waals surface area contributed by atoms with Gasteiger partial charge in [-0.15, -0.1) is 0 Å². The van der Waals surface area contributed by atoms with Gasteiger partial charge in [0.05, 0.1) is 10.1 Å². The predicted octanol–water partition coefficient (Wildman–Crippen LogP) is 1.72. The van der Waals surface area contributed by atoms with Gasteiger partial charge in [-0.1, -0.05) is 10.3 Å². The second-order valence-corrected chi connectivity index (χ2v) is 3.97. The van der Waals surface area contributed by atoms with Gasteiger partial charge in [0.25, 0.3) is 4.74 Å². The summed E-state index contributed by atoms with van der Waals surface area (Å²) >= 11 is 0. The van der Waals surface area contributed by atoms with Crippen LogP contribution in [0.1, 0.15) is 0 Å². The molecule has 10 heavy (non-hydrogen) atoms. The van der Waals surface area contributed by atoms with Crippen LogP contribution in [-0.4, -0.2) is 4.98 Å². The van der Waals surface area contributed by atoms with E-state index in [4.69, 9.17) is 0 Å². The van der Waals surface area contributed by atoms with Crippen molar-refractivity contribution in [3.63, 3.8) is 0 Å². The minimum absolute atomic E-state index is 0.119. The fourth-order valence-electron chi connectivity index (χ4n) is 0.735. The van der Waals surface area contributed by atoms with Crippen molar-refractivity contribution in [1.29, 1.82) is 0 Å². The second kappa shape index (κ2) is 2.14. The molecule has 0 saturated heterocycles. The molecule has 4 heteroatoms. The molecule has 0 aromatic carbocycles. The van der Waals surface area contributed by atoms with E-state index >= 15 is 0 Å². The van der Waals surface area contributed by atoms with Gasteiger partial charge >= 0.3 is 0 Å². The first-order valence-electron chi connectivity index (χ1n) is 2.71. The Hall–Kier alpha value is -0.740. The molecule has 2 aromatic heterocycles. The van der Waals surface area contributed by atoms with Crippen molar-refractivity contribution in [3.05, 3.63) is 28.0 Å². The van der Waals surface area contributed by atoms with Gasteiger partial charge in [0.2, 0.25) is 0 Å². The first kappa shape index (κ1) is 6.00. The summed E-state index contributed by atoms with van der Waals surface area (Å²) in [5.41, 5.74) is 0. The molecule has 0 aliphatic rings. The normalized spacial score (nSPS) is 10.4. The molecule has 0 saturated carbocycles. The zero-order valence-corrected chi connectivity index (χ0v) is 6.54. The van der Waals surface area contributed by atoms with E-state index in [0.29, 0.717) is 0 Å². The van der Waals surface area contributed by atoms with Crippen LogP contribution in [-0.2, 0) is 0 Å². The number of hydrogen-bond donors (Lipinski definition) is 0. The summed E-state index contributed by atoms with van der Waals surface area (Å²) in [5.74, 6) is 0. The van der Waals surface area contributed by atoms with Crippen LogP contribution >= 0.6 is 20.7 Å². The molecule has 0 unspecified atom stereocenters. The Labute approximate surface area is 64.2 Å². The highest BCUT2D eigenvalue weighted by atomic mass is 32.9. The van der Waals surface area contributed by atoms with Gasteiger partial charge in [-0.05, 0) is 16.4 Å². The molecule has 0 fully saturated rings. The summed E-state index contributed by atoms with van der Waals surface area (Å²) in [6, 6.07) is 1.86. The largest absolute Gasteiger partial charge is 0.276 e. The third-order valence-corrected chi connectivity index (χ3v) is 3.44. The number of fused-ring (bicyclic) bond motifs is 1. The van der Waals surface area contributed by atoms with Crippen LogP contribution in [0.4, 0.5) is 0 Å². The van der Waals surface area contributed by atoms with E-state index in [2.05, 4.69) is 4.98 Å². The van der Waals surface area contributed by atoms with E-state index in [0.717, 1.165) is 10.1 Å². The lowest BCUT2D eigenvalue weighted by Gasteiger charge is -1.79. The highest BCUT2D eigenvalue weighted by molar-refractivity contribution is 7.71. The predicted molar refractivity (Wildman–Crippen MR) is 43.8 cm³/mol. The lowest BCUT2D eigenvalue weighted by atomic mass is 10.4. The van der Waals surface area contributed by atoms with Crippen LogP contribution < -0.4 is 4.74 Å². The maximum atomic E-state index is 11.0. The van der Waals surface area contributed by atoms with Gasteiger partial charge in [0.1, 0.15) is 0 Å². The summed E-state index contributed by atoms with van der Waals surface area (Å²) in [6.45, 7) is 0. The van der Waals surface area contributed by atoms with E-state index in [9.17, 15) is 4.79 Å². The molecule has 2 rings (SSSR count). The summed E-state index contributed by atoms with van der Waals surface area (Å²) < 4.78 is 1.15. The van der Waals surface area contributed by atoms with Crippen molar-refractivity contribution in [2.45, 2.75) is 0 Å². The Balaban J connectivity index is 3.07.